The van der Waals surface area contributed by atoms with Crippen LogP contribution < -0.4 is 5.73 Å². The first-order chi connectivity index (χ1) is 6.18. The minimum absolute atomic E-state index is 0.0513. The summed E-state index contributed by atoms with van der Waals surface area (Å²) in [5.41, 5.74) is 6.56. The molecule has 1 aliphatic rings. The zero-order valence-corrected chi connectivity index (χ0v) is 8.47. The van der Waals surface area contributed by atoms with Crippen molar-refractivity contribution in [2.45, 2.75) is 25.9 Å². The first kappa shape index (κ1) is 9.12. The van der Waals surface area contributed by atoms with E-state index in [2.05, 4.69) is 4.98 Å². The zero-order chi connectivity index (χ0) is 9.47. The highest BCUT2D eigenvalue weighted by atomic mass is 32.1. The normalized spacial score (nSPS) is 21.5. The maximum atomic E-state index is 9.99. The predicted molar refractivity (Wildman–Crippen MR) is 52.5 cm³/mol. The van der Waals surface area contributed by atoms with E-state index in [0.717, 1.165) is 23.5 Å². The monoisotopic (exact) mass is 198 g/mol. The summed E-state index contributed by atoms with van der Waals surface area (Å²) in [6, 6.07) is 0. The van der Waals surface area contributed by atoms with Gasteiger partial charge in [-0.1, -0.05) is 0 Å². The molecule has 0 aliphatic heterocycles. The van der Waals surface area contributed by atoms with Crippen molar-refractivity contribution in [2.24, 2.45) is 11.1 Å². The molecule has 0 bridgehead atoms. The molecule has 3 nitrogen and oxygen atoms in total. The zero-order valence-electron chi connectivity index (χ0n) is 7.66. The van der Waals surface area contributed by atoms with Crippen molar-refractivity contribution < 1.29 is 5.11 Å². The number of rotatable bonds is 3. The molecule has 1 aromatic rings. The van der Waals surface area contributed by atoms with Gasteiger partial charge in [0.2, 0.25) is 0 Å². The van der Waals surface area contributed by atoms with E-state index in [-0.39, 0.29) is 5.41 Å². The fourth-order valence-electron chi connectivity index (χ4n) is 1.51. The Bertz CT molecular complexity index is 306. The van der Waals surface area contributed by atoms with Gasteiger partial charge in [0.1, 0.15) is 11.1 Å². The lowest BCUT2D eigenvalue weighted by Gasteiger charge is -2.17. The summed E-state index contributed by atoms with van der Waals surface area (Å²) in [6.07, 6.45) is 1.61. The smallest absolute Gasteiger partial charge is 0.122 e. The molecule has 72 valence electrons. The van der Waals surface area contributed by atoms with E-state index in [1.165, 1.54) is 11.3 Å². The first-order valence-corrected chi connectivity index (χ1v) is 5.36. The van der Waals surface area contributed by atoms with Crippen molar-refractivity contribution >= 4 is 11.3 Å². The maximum absolute atomic E-state index is 9.99. The van der Waals surface area contributed by atoms with Crippen LogP contribution in [0.2, 0.25) is 0 Å². The summed E-state index contributed by atoms with van der Waals surface area (Å²) < 4.78 is 0. The number of hydrogen-bond donors (Lipinski definition) is 2. The Morgan fingerprint density at radius 2 is 2.46 bits per heavy atom. The van der Waals surface area contributed by atoms with E-state index >= 15 is 0 Å². The fourth-order valence-corrected chi connectivity index (χ4v) is 2.43. The molecular weight excluding hydrogens is 184 g/mol. The highest BCUT2D eigenvalue weighted by molar-refractivity contribution is 7.09. The highest BCUT2D eigenvalue weighted by Gasteiger charge is 2.49. The Balaban J connectivity index is 2.17. The van der Waals surface area contributed by atoms with Gasteiger partial charge in [0.05, 0.1) is 0 Å². The van der Waals surface area contributed by atoms with Crippen LogP contribution in [0.4, 0.5) is 0 Å². The number of aryl methyl sites for hydroxylation is 1. The van der Waals surface area contributed by atoms with E-state index < -0.39 is 6.10 Å². The number of nitrogens with zero attached hydrogens (tertiary/aromatic N) is 1. The van der Waals surface area contributed by atoms with Crippen molar-refractivity contribution in [3.8, 4) is 0 Å². The molecule has 1 fully saturated rings. The number of aromatic nitrogens is 1. The lowest BCUT2D eigenvalue weighted by Crippen LogP contribution is -2.23. The van der Waals surface area contributed by atoms with Crippen molar-refractivity contribution in [2.75, 3.05) is 6.54 Å². The molecule has 13 heavy (non-hydrogen) atoms. The summed E-state index contributed by atoms with van der Waals surface area (Å²) in [5, 5.41) is 12.8. The molecular formula is C9H14N2OS. The molecule has 0 radical (unpaired) electrons. The molecule has 0 aromatic carbocycles. The van der Waals surface area contributed by atoms with Crippen LogP contribution in [0.3, 0.4) is 0 Å². The lowest BCUT2D eigenvalue weighted by molar-refractivity contribution is 0.0971. The Labute approximate surface area is 81.6 Å². The molecule has 1 aliphatic carbocycles. The lowest BCUT2D eigenvalue weighted by atomic mass is 10.0. The summed E-state index contributed by atoms with van der Waals surface area (Å²) >= 11 is 1.52. The summed E-state index contributed by atoms with van der Waals surface area (Å²) in [6.45, 7) is 2.50. The number of hydrogen-bond acceptors (Lipinski definition) is 4. The summed E-state index contributed by atoms with van der Waals surface area (Å²) in [7, 11) is 0. The number of aliphatic hydroxyl groups excluding tert-OH is 1. The number of aliphatic hydroxyl groups is 1. The van der Waals surface area contributed by atoms with Crippen LogP contribution in [-0.4, -0.2) is 16.6 Å². The molecule has 1 heterocycles. The molecule has 0 amide bonds. The Morgan fingerprint density at radius 3 is 2.85 bits per heavy atom. The van der Waals surface area contributed by atoms with E-state index in [1.54, 1.807) is 0 Å². The van der Waals surface area contributed by atoms with Crippen molar-refractivity contribution in [3.05, 3.63) is 16.1 Å². The Kier molecular flexibility index (Phi) is 2.14. The van der Waals surface area contributed by atoms with Crippen LogP contribution in [0.15, 0.2) is 5.38 Å². The molecule has 1 unspecified atom stereocenters. The SMILES string of the molecule is Cc1csc(C(O)C2(CN)CC2)n1. The van der Waals surface area contributed by atoms with Gasteiger partial charge in [-0.05, 0) is 19.8 Å². The van der Waals surface area contributed by atoms with Crippen LogP contribution in [0.5, 0.6) is 0 Å². The first-order valence-electron chi connectivity index (χ1n) is 4.48. The quantitative estimate of drug-likeness (QED) is 0.768. The molecule has 0 spiro atoms. The van der Waals surface area contributed by atoms with Crippen LogP contribution in [0.25, 0.3) is 0 Å². The van der Waals surface area contributed by atoms with Crippen LogP contribution >= 0.6 is 11.3 Å². The Hall–Kier alpha value is -0.450. The molecule has 4 heteroatoms. The van der Waals surface area contributed by atoms with Gasteiger partial charge < -0.3 is 10.8 Å². The standard InChI is InChI=1S/C9H14N2OS/c1-6-4-13-8(11-6)7(12)9(5-10)2-3-9/h4,7,12H,2-3,5,10H2,1H3. The average molecular weight is 198 g/mol. The van der Waals surface area contributed by atoms with Crippen LogP contribution in [0.1, 0.15) is 29.6 Å². The summed E-state index contributed by atoms with van der Waals surface area (Å²) in [5.74, 6) is 0. The predicted octanol–water partition coefficient (Wildman–Crippen LogP) is 1.22. The molecule has 3 N–H and O–H groups in total. The van der Waals surface area contributed by atoms with E-state index in [0.29, 0.717) is 6.54 Å². The largest absolute Gasteiger partial charge is 0.385 e. The third-order valence-corrected chi connectivity index (χ3v) is 3.76. The Morgan fingerprint density at radius 1 is 1.77 bits per heavy atom. The van der Waals surface area contributed by atoms with Gasteiger partial charge in [-0.25, -0.2) is 4.98 Å². The number of thiazole rings is 1. The van der Waals surface area contributed by atoms with Gasteiger partial charge in [0, 0.05) is 23.0 Å². The number of nitrogens with two attached hydrogens (primary N) is 1. The molecule has 1 saturated carbocycles. The second-order valence-corrected chi connectivity index (χ2v) is 4.69. The van der Waals surface area contributed by atoms with Crippen LogP contribution in [-0.2, 0) is 0 Å². The van der Waals surface area contributed by atoms with Gasteiger partial charge in [0.15, 0.2) is 0 Å². The maximum Gasteiger partial charge on any atom is 0.122 e. The molecule has 2 rings (SSSR count). The van der Waals surface area contributed by atoms with Crippen molar-refractivity contribution in [1.29, 1.82) is 0 Å². The highest BCUT2D eigenvalue weighted by Crippen LogP contribution is 2.54. The topological polar surface area (TPSA) is 59.1 Å². The minimum atomic E-state index is -0.448. The third-order valence-electron chi connectivity index (χ3n) is 2.75. The molecule has 1 aromatic heterocycles. The second kappa shape index (κ2) is 3.04. The van der Waals surface area contributed by atoms with Gasteiger partial charge >= 0.3 is 0 Å². The van der Waals surface area contributed by atoms with Gasteiger partial charge in [-0.2, -0.15) is 0 Å². The van der Waals surface area contributed by atoms with E-state index in [4.69, 9.17) is 5.73 Å². The molecule has 0 saturated heterocycles. The summed E-state index contributed by atoms with van der Waals surface area (Å²) in [4.78, 5) is 4.28. The minimum Gasteiger partial charge on any atom is -0.385 e. The van der Waals surface area contributed by atoms with Gasteiger partial charge in [-0.15, -0.1) is 11.3 Å². The average Bonchev–Trinajstić information content (AvgIpc) is 2.82. The van der Waals surface area contributed by atoms with Crippen molar-refractivity contribution in [3.63, 3.8) is 0 Å². The van der Waals surface area contributed by atoms with Crippen LogP contribution in [0, 0.1) is 12.3 Å². The van der Waals surface area contributed by atoms with E-state index in [1.807, 2.05) is 12.3 Å². The van der Waals surface area contributed by atoms with E-state index in [9.17, 15) is 5.11 Å². The second-order valence-electron chi connectivity index (χ2n) is 3.80. The fraction of sp³-hybridized carbons (Fsp3) is 0.667. The third kappa shape index (κ3) is 1.49. The van der Waals surface area contributed by atoms with Crippen molar-refractivity contribution in [1.82, 2.24) is 4.98 Å². The van der Waals surface area contributed by atoms with Gasteiger partial charge in [-0.3, -0.25) is 0 Å². The molecule has 1 atom stereocenters. The van der Waals surface area contributed by atoms with Gasteiger partial charge in [0.25, 0.3) is 0 Å².